The molecule has 0 saturated heterocycles. The van der Waals surface area contributed by atoms with E-state index in [1.807, 2.05) is 24.3 Å². The molecule has 1 aromatic heterocycles. The Balaban J connectivity index is 1.53. The molecule has 2 aromatic carbocycles. The number of hydrogen-bond acceptors (Lipinski definition) is 5. The molecule has 29 heavy (non-hydrogen) atoms. The number of hydrogen-bond donors (Lipinski definition) is 2. The maximum Gasteiger partial charge on any atom is 0.319 e. The highest BCUT2D eigenvalue weighted by atomic mass is 19.1. The van der Waals surface area contributed by atoms with Crippen molar-refractivity contribution >= 4 is 11.7 Å². The molecule has 0 aliphatic heterocycles. The molecule has 0 spiro atoms. The number of rotatable bonds is 5. The number of benzene rings is 2. The van der Waals surface area contributed by atoms with Gasteiger partial charge in [0, 0.05) is 5.69 Å². The van der Waals surface area contributed by atoms with Crippen LogP contribution >= 0.6 is 0 Å². The molecule has 0 bridgehead atoms. The van der Waals surface area contributed by atoms with Gasteiger partial charge in [0.2, 0.25) is 0 Å². The monoisotopic (exact) mass is 396 g/mol. The number of halogens is 1. The lowest BCUT2D eigenvalue weighted by molar-refractivity contribution is 0.184. The number of aromatic nitrogens is 4. The highest BCUT2D eigenvalue weighted by molar-refractivity contribution is 5.90. The summed E-state index contributed by atoms with van der Waals surface area (Å²) in [6.07, 6.45) is 2.70. The van der Waals surface area contributed by atoms with Crippen LogP contribution in [0.5, 0.6) is 5.75 Å². The van der Waals surface area contributed by atoms with Gasteiger partial charge in [0.25, 0.3) is 0 Å². The molecule has 0 atom stereocenters. The maximum absolute atomic E-state index is 14.2. The first kappa shape index (κ1) is 18.9. The molecule has 9 heteroatoms. The molecule has 8 nitrogen and oxygen atoms in total. The van der Waals surface area contributed by atoms with Crippen molar-refractivity contribution in [2.45, 2.75) is 31.7 Å². The second-order valence-corrected chi connectivity index (χ2v) is 7.05. The van der Waals surface area contributed by atoms with Crippen molar-refractivity contribution in [1.82, 2.24) is 25.5 Å². The summed E-state index contributed by atoms with van der Waals surface area (Å²) in [6, 6.07) is 11.6. The Hall–Kier alpha value is -3.49. The number of ether oxygens (including phenoxy) is 1. The Morgan fingerprint density at radius 2 is 2.07 bits per heavy atom. The van der Waals surface area contributed by atoms with Crippen LogP contribution in [-0.2, 0) is 5.54 Å². The van der Waals surface area contributed by atoms with Gasteiger partial charge in [0.05, 0.1) is 12.6 Å². The SMILES string of the molecule is COc1cccc(C2(NC(=O)Nc3ccc(F)c(-n4nnnc4C)c3)CCC2)c1. The number of anilines is 1. The lowest BCUT2D eigenvalue weighted by atomic mass is 9.72. The number of methoxy groups -OCH3 is 1. The second-order valence-electron chi connectivity index (χ2n) is 7.05. The summed E-state index contributed by atoms with van der Waals surface area (Å²) in [5, 5.41) is 16.9. The number of nitrogens with one attached hydrogen (secondary N) is 2. The van der Waals surface area contributed by atoms with Gasteiger partial charge in [-0.15, -0.1) is 5.10 Å². The van der Waals surface area contributed by atoms with Gasteiger partial charge >= 0.3 is 6.03 Å². The largest absolute Gasteiger partial charge is 0.497 e. The van der Waals surface area contributed by atoms with Crippen molar-refractivity contribution in [3.63, 3.8) is 0 Å². The van der Waals surface area contributed by atoms with Crippen LogP contribution in [-0.4, -0.2) is 33.3 Å². The number of tetrazole rings is 1. The Labute approximate surface area is 167 Å². The number of nitrogens with zero attached hydrogens (tertiary/aromatic N) is 4. The first-order valence-electron chi connectivity index (χ1n) is 9.29. The van der Waals surface area contributed by atoms with E-state index >= 15 is 0 Å². The fourth-order valence-electron chi connectivity index (χ4n) is 3.52. The van der Waals surface area contributed by atoms with Gasteiger partial charge in [-0.3, -0.25) is 0 Å². The summed E-state index contributed by atoms with van der Waals surface area (Å²) in [4.78, 5) is 12.7. The second kappa shape index (κ2) is 7.50. The molecule has 1 aliphatic rings. The lowest BCUT2D eigenvalue weighted by Gasteiger charge is -2.43. The van der Waals surface area contributed by atoms with E-state index in [2.05, 4.69) is 26.2 Å². The molecule has 1 heterocycles. The van der Waals surface area contributed by atoms with Gasteiger partial charge in [-0.25, -0.2) is 9.18 Å². The van der Waals surface area contributed by atoms with Crippen molar-refractivity contribution in [1.29, 1.82) is 0 Å². The van der Waals surface area contributed by atoms with Gasteiger partial charge < -0.3 is 15.4 Å². The van der Waals surface area contributed by atoms with Crippen molar-refractivity contribution in [3.05, 3.63) is 59.7 Å². The molecule has 1 saturated carbocycles. The number of carbonyl (C=O) groups excluding carboxylic acids is 1. The molecule has 0 unspecified atom stereocenters. The minimum Gasteiger partial charge on any atom is -0.497 e. The van der Waals surface area contributed by atoms with Crippen molar-refractivity contribution in [2.75, 3.05) is 12.4 Å². The molecule has 4 rings (SSSR count). The van der Waals surface area contributed by atoms with E-state index in [0.717, 1.165) is 30.6 Å². The third-order valence-corrected chi connectivity index (χ3v) is 5.24. The number of urea groups is 1. The first-order valence-corrected chi connectivity index (χ1v) is 9.29. The van der Waals surface area contributed by atoms with Crippen LogP contribution in [0.3, 0.4) is 0 Å². The van der Waals surface area contributed by atoms with E-state index in [0.29, 0.717) is 11.5 Å². The summed E-state index contributed by atoms with van der Waals surface area (Å²) >= 11 is 0. The van der Waals surface area contributed by atoms with Gasteiger partial charge in [0.15, 0.2) is 5.82 Å². The molecular weight excluding hydrogens is 375 g/mol. The van der Waals surface area contributed by atoms with E-state index in [1.54, 1.807) is 14.0 Å². The van der Waals surface area contributed by atoms with Crippen LogP contribution in [0.2, 0.25) is 0 Å². The van der Waals surface area contributed by atoms with Gasteiger partial charge in [-0.05, 0) is 72.5 Å². The lowest BCUT2D eigenvalue weighted by Crippen LogP contribution is -2.52. The van der Waals surface area contributed by atoms with Gasteiger partial charge in [0.1, 0.15) is 17.3 Å². The van der Waals surface area contributed by atoms with Gasteiger partial charge in [-0.1, -0.05) is 12.1 Å². The first-order chi connectivity index (χ1) is 14.0. The number of amides is 2. The highest BCUT2D eigenvalue weighted by Crippen LogP contribution is 2.42. The Kier molecular flexibility index (Phi) is 4.87. The average Bonchev–Trinajstić information content (AvgIpc) is 3.12. The minimum absolute atomic E-state index is 0.163. The molecule has 1 aliphatic carbocycles. The van der Waals surface area contributed by atoms with Crippen LogP contribution in [0, 0.1) is 12.7 Å². The molecule has 3 aromatic rings. The van der Waals surface area contributed by atoms with E-state index in [-0.39, 0.29) is 11.7 Å². The van der Waals surface area contributed by atoms with Crippen molar-refractivity contribution in [2.24, 2.45) is 0 Å². The van der Waals surface area contributed by atoms with Crippen LogP contribution < -0.4 is 15.4 Å². The fraction of sp³-hybridized carbons (Fsp3) is 0.300. The molecule has 0 radical (unpaired) electrons. The zero-order chi connectivity index (χ0) is 20.4. The van der Waals surface area contributed by atoms with Crippen LogP contribution in [0.25, 0.3) is 5.69 Å². The van der Waals surface area contributed by atoms with Crippen molar-refractivity contribution < 1.29 is 13.9 Å². The zero-order valence-corrected chi connectivity index (χ0v) is 16.1. The average molecular weight is 396 g/mol. The van der Waals surface area contributed by atoms with Crippen LogP contribution in [0.1, 0.15) is 30.7 Å². The Bertz CT molecular complexity index is 1050. The Morgan fingerprint density at radius 3 is 2.72 bits per heavy atom. The van der Waals surface area contributed by atoms with Gasteiger partial charge in [-0.2, -0.15) is 4.68 Å². The summed E-state index contributed by atoms with van der Waals surface area (Å²) in [5.74, 6) is 0.700. The van der Waals surface area contributed by atoms with Crippen LogP contribution in [0.4, 0.5) is 14.9 Å². The van der Waals surface area contributed by atoms with E-state index < -0.39 is 11.4 Å². The maximum atomic E-state index is 14.2. The van der Waals surface area contributed by atoms with E-state index in [1.165, 1.54) is 22.9 Å². The molecule has 2 amide bonds. The summed E-state index contributed by atoms with van der Waals surface area (Å²) in [5.41, 5.74) is 1.17. The fourth-order valence-corrected chi connectivity index (χ4v) is 3.52. The molecule has 2 N–H and O–H groups in total. The molecular formula is C20H21FN6O2. The predicted octanol–water partition coefficient (Wildman–Crippen LogP) is 3.32. The summed E-state index contributed by atoms with van der Waals surface area (Å²) in [7, 11) is 1.62. The summed E-state index contributed by atoms with van der Waals surface area (Å²) in [6.45, 7) is 1.67. The smallest absolute Gasteiger partial charge is 0.319 e. The van der Waals surface area contributed by atoms with Crippen molar-refractivity contribution in [3.8, 4) is 11.4 Å². The zero-order valence-electron chi connectivity index (χ0n) is 16.1. The Morgan fingerprint density at radius 1 is 1.24 bits per heavy atom. The number of carbonyl (C=O) groups is 1. The topological polar surface area (TPSA) is 94.0 Å². The quantitative estimate of drug-likeness (QED) is 0.690. The molecule has 150 valence electrons. The predicted molar refractivity (Wildman–Crippen MR) is 105 cm³/mol. The standard InChI is InChI=1S/C20H21FN6O2/c1-13-24-25-26-27(13)18-12-15(7-8-17(18)21)22-19(28)23-20(9-4-10-20)14-5-3-6-16(11-14)29-2/h3,5-8,11-12H,4,9-10H2,1-2H3,(H2,22,23,28). The highest BCUT2D eigenvalue weighted by Gasteiger charge is 2.40. The molecule has 1 fully saturated rings. The third-order valence-electron chi connectivity index (χ3n) is 5.24. The summed E-state index contributed by atoms with van der Waals surface area (Å²) < 4.78 is 20.8. The minimum atomic E-state index is -0.488. The third kappa shape index (κ3) is 3.63. The number of aryl methyl sites for hydroxylation is 1. The normalized spacial score (nSPS) is 14.7. The van der Waals surface area contributed by atoms with Crippen LogP contribution in [0.15, 0.2) is 42.5 Å². The van der Waals surface area contributed by atoms with E-state index in [4.69, 9.17) is 4.74 Å². The van der Waals surface area contributed by atoms with E-state index in [9.17, 15) is 9.18 Å².